The molecule has 0 amide bonds. The molecule has 4 unspecified atom stereocenters. The highest BCUT2D eigenvalue weighted by Gasteiger charge is 2.69. The molecule has 0 aromatic heterocycles. The highest BCUT2D eigenvalue weighted by atomic mass is 32.2. The van der Waals surface area contributed by atoms with Crippen molar-refractivity contribution in [2.24, 2.45) is 17.8 Å². The lowest BCUT2D eigenvalue weighted by atomic mass is 9.87. The number of hydrogen-bond acceptors (Lipinski definition) is 7. The molecular formula is C10H9F2O7S-. The Balaban J connectivity index is 1.86. The van der Waals surface area contributed by atoms with E-state index in [-0.39, 0.29) is 12.3 Å². The lowest BCUT2D eigenvalue weighted by Gasteiger charge is -2.31. The van der Waals surface area contributed by atoms with Crippen molar-refractivity contribution < 1.29 is 40.8 Å². The van der Waals surface area contributed by atoms with Gasteiger partial charge in [-0.25, -0.2) is 13.2 Å². The van der Waals surface area contributed by atoms with Gasteiger partial charge in [-0.15, -0.1) is 0 Å². The number of carbonyl (C=O) groups excluding carboxylic acids is 2. The summed E-state index contributed by atoms with van der Waals surface area (Å²) in [4.78, 5) is 22.8. The summed E-state index contributed by atoms with van der Waals surface area (Å²) >= 11 is 0. The van der Waals surface area contributed by atoms with Gasteiger partial charge in [-0.1, -0.05) is 0 Å². The Morgan fingerprint density at radius 2 is 2.10 bits per heavy atom. The van der Waals surface area contributed by atoms with E-state index >= 15 is 0 Å². The van der Waals surface area contributed by atoms with E-state index in [4.69, 9.17) is 4.74 Å². The van der Waals surface area contributed by atoms with Crippen LogP contribution in [0.5, 0.6) is 0 Å². The number of fused-ring (bicyclic) bond motifs is 1. The van der Waals surface area contributed by atoms with Crippen molar-refractivity contribution in [1.82, 2.24) is 0 Å². The number of ether oxygens (including phenoxy) is 2. The molecule has 0 spiro atoms. The van der Waals surface area contributed by atoms with E-state index in [2.05, 4.69) is 4.74 Å². The number of rotatable bonds is 3. The number of carbonyl (C=O) groups is 2. The average Bonchev–Trinajstić information content (AvgIpc) is 2.86. The van der Waals surface area contributed by atoms with E-state index in [1.807, 2.05) is 0 Å². The second kappa shape index (κ2) is 3.67. The van der Waals surface area contributed by atoms with Gasteiger partial charge in [-0.2, -0.15) is 8.78 Å². The number of halogens is 2. The summed E-state index contributed by atoms with van der Waals surface area (Å²) in [5.41, 5.74) is 0. The van der Waals surface area contributed by atoms with Crippen LogP contribution in [0.15, 0.2) is 0 Å². The van der Waals surface area contributed by atoms with E-state index in [0.717, 1.165) is 0 Å². The average molecular weight is 311 g/mol. The van der Waals surface area contributed by atoms with Gasteiger partial charge in [0.05, 0.1) is 11.8 Å². The van der Waals surface area contributed by atoms with Crippen LogP contribution >= 0.6 is 0 Å². The first-order valence-corrected chi connectivity index (χ1v) is 7.27. The molecule has 2 saturated carbocycles. The molecule has 2 bridgehead atoms. The first-order valence-electron chi connectivity index (χ1n) is 5.86. The van der Waals surface area contributed by atoms with Gasteiger partial charge in [0.2, 0.25) is 0 Å². The van der Waals surface area contributed by atoms with Gasteiger partial charge in [-0.3, -0.25) is 4.79 Å². The molecule has 4 atom stereocenters. The molecule has 1 saturated heterocycles. The standard InChI is InChI=1S/C10H10F2O7S/c11-10(12,20(15,16)17)8(14)19-9-3-4-1-5(6(9)2-4)7(13)18-9/h4-6H,1-3H2,(H,15,16,17)/p-1. The number of hydrogen-bond donors (Lipinski definition) is 0. The Bertz CT molecular complexity index is 601. The first-order chi connectivity index (χ1) is 9.07. The predicted octanol–water partition coefficient (Wildman–Crippen LogP) is -0.0332. The zero-order chi connectivity index (χ0) is 14.9. The van der Waals surface area contributed by atoms with Crippen LogP contribution in [0.3, 0.4) is 0 Å². The van der Waals surface area contributed by atoms with Crippen LogP contribution in [0.4, 0.5) is 8.78 Å². The molecule has 112 valence electrons. The van der Waals surface area contributed by atoms with E-state index in [1.54, 1.807) is 0 Å². The van der Waals surface area contributed by atoms with Gasteiger partial charge in [-0.05, 0) is 18.8 Å². The Morgan fingerprint density at radius 3 is 2.65 bits per heavy atom. The van der Waals surface area contributed by atoms with Crippen molar-refractivity contribution in [1.29, 1.82) is 0 Å². The van der Waals surface area contributed by atoms with Gasteiger partial charge in [0, 0.05) is 6.42 Å². The quantitative estimate of drug-likeness (QED) is 0.531. The summed E-state index contributed by atoms with van der Waals surface area (Å²) in [5.74, 6) is -6.03. The third-order valence-corrected chi connectivity index (χ3v) is 4.99. The summed E-state index contributed by atoms with van der Waals surface area (Å²) in [6.07, 6.45) is 1.08. The van der Waals surface area contributed by atoms with Gasteiger partial charge in [0.1, 0.15) is 0 Å². The third kappa shape index (κ3) is 1.60. The maximum absolute atomic E-state index is 13.1. The molecule has 1 aliphatic heterocycles. The highest BCUT2D eigenvalue weighted by Crippen LogP contribution is 2.61. The van der Waals surface area contributed by atoms with Gasteiger partial charge in [0.25, 0.3) is 5.79 Å². The SMILES string of the molecule is O=C1OC2(OC(=O)C(F)(F)S(=O)(=O)[O-])CC3CC1C2C3. The van der Waals surface area contributed by atoms with Crippen molar-refractivity contribution in [2.75, 3.05) is 0 Å². The summed E-state index contributed by atoms with van der Waals surface area (Å²) in [6, 6.07) is 0. The van der Waals surface area contributed by atoms with E-state index in [9.17, 15) is 31.3 Å². The monoisotopic (exact) mass is 311 g/mol. The summed E-state index contributed by atoms with van der Waals surface area (Å²) in [5, 5.41) is -5.20. The Labute approximate surface area is 112 Å². The molecule has 0 aromatic carbocycles. The summed E-state index contributed by atoms with van der Waals surface area (Å²) in [6.45, 7) is 0. The second-order valence-electron chi connectivity index (χ2n) is 5.35. The minimum atomic E-state index is -6.19. The van der Waals surface area contributed by atoms with Gasteiger partial charge >= 0.3 is 17.2 Å². The highest BCUT2D eigenvalue weighted by molar-refractivity contribution is 7.87. The zero-order valence-electron chi connectivity index (χ0n) is 9.88. The minimum Gasteiger partial charge on any atom is -0.743 e. The summed E-state index contributed by atoms with van der Waals surface area (Å²) in [7, 11) is -6.19. The van der Waals surface area contributed by atoms with Crippen molar-refractivity contribution in [3.05, 3.63) is 0 Å². The lowest BCUT2D eigenvalue weighted by molar-refractivity contribution is -0.233. The van der Waals surface area contributed by atoms with E-state index in [0.29, 0.717) is 12.8 Å². The van der Waals surface area contributed by atoms with Crippen LogP contribution in [0.25, 0.3) is 0 Å². The number of esters is 2. The minimum absolute atomic E-state index is 0.00160. The van der Waals surface area contributed by atoms with Crippen LogP contribution in [0, 0.1) is 17.8 Å². The molecule has 10 heteroatoms. The van der Waals surface area contributed by atoms with Crippen LogP contribution in [-0.4, -0.2) is 36.0 Å². The fraction of sp³-hybridized carbons (Fsp3) is 0.800. The number of alkyl halides is 2. The second-order valence-corrected chi connectivity index (χ2v) is 6.77. The molecule has 0 N–H and O–H groups in total. The molecule has 3 fully saturated rings. The molecule has 0 radical (unpaired) electrons. The van der Waals surface area contributed by atoms with Crippen LogP contribution < -0.4 is 0 Å². The third-order valence-electron chi connectivity index (χ3n) is 4.19. The Morgan fingerprint density at radius 1 is 1.45 bits per heavy atom. The molecule has 1 heterocycles. The molecule has 3 rings (SSSR count). The van der Waals surface area contributed by atoms with Crippen molar-refractivity contribution in [3.63, 3.8) is 0 Å². The zero-order valence-corrected chi connectivity index (χ0v) is 10.7. The normalized spacial score (nSPS) is 39.0. The molecular weight excluding hydrogens is 302 g/mol. The molecule has 2 aliphatic carbocycles. The van der Waals surface area contributed by atoms with Crippen molar-refractivity contribution in [2.45, 2.75) is 30.3 Å². The fourth-order valence-electron chi connectivity index (χ4n) is 3.43. The molecule has 20 heavy (non-hydrogen) atoms. The summed E-state index contributed by atoms with van der Waals surface area (Å²) < 4.78 is 66.8. The first kappa shape index (κ1) is 13.7. The topological polar surface area (TPSA) is 110 Å². The van der Waals surface area contributed by atoms with E-state index in [1.165, 1.54) is 0 Å². The van der Waals surface area contributed by atoms with Gasteiger partial charge in [0.15, 0.2) is 10.1 Å². The van der Waals surface area contributed by atoms with E-state index < -0.39 is 44.9 Å². The van der Waals surface area contributed by atoms with Crippen molar-refractivity contribution >= 4 is 22.1 Å². The predicted molar refractivity (Wildman–Crippen MR) is 53.9 cm³/mol. The Kier molecular flexibility index (Phi) is 2.51. The smallest absolute Gasteiger partial charge is 0.429 e. The molecule has 0 aromatic rings. The Hall–Kier alpha value is -1.29. The van der Waals surface area contributed by atoms with Crippen molar-refractivity contribution in [3.8, 4) is 0 Å². The maximum atomic E-state index is 13.1. The fourth-order valence-corrected chi connectivity index (χ4v) is 3.68. The lowest BCUT2D eigenvalue weighted by Crippen LogP contribution is -2.47. The van der Waals surface area contributed by atoms with Crippen LogP contribution in [0.1, 0.15) is 19.3 Å². The molecule has 3 aliphatic rings. The van der Waals surface area contributed by atoms with Crippen LogP contribution in [-0.2, 0) is 29.2 Å². The molecule has 7 nitrogen and oxygen atoms in total. The maximum Gasteiger partial charge on any atom is 0.429 e. The van der Waals surface area contributed by atoms with Gasteiger partial charge < -0.3 is 14.0 Å². The van der Waals surface area contributed by atoms with Crippen LogP contribution in [0.2, 0.25) is 0 Å². The largest absolute Gasteiger partial charge is 0.743 e.